The van der Waals surface area contributed by atoms with Crippen LogP contribution in [0.25, 0.3) is 0 Å². The number of non-ortho nitro benzene ring substituents is 1. The molecule has 0 aliphatic heterocycles. The van der Waals surface area contributed by atoms with E-state index in [1.54, 1.807) is 26.0 Å². The molecule has 28 heavy (non-hydrogen) atoms. The van der Waals surface area contributed by atoms with Crippen LogP contribution < -0.4 is 4.74 Å². The molecule has 0 atom stereocenters. The molecule has 0 unspecified atom stereocenters. The Morgan fingerprint density at radius 1 is 1.04 bits per heavy atom. The highest BCUT2D eigenvalue weighted by molar-refractivity contribution is 5.89. The lowest BCUT2D eigenvalue weighted by molar-refractivity contribution is -0.393. The van der Waals surface area contributed by atoms with Crippen molar-refractivity contribution in [1.82, 2.24) is 0 Å². The molecule has 10 nitrogen and oxygen atoms in total. The molecule has 0 saturated heterocycles. The van der Waals surface area contributed by atoms with Crippen molar-refractivity contribution >= 4 is 28.7 Å². The van der Waals surface area contributed by atoms with E-state index < -0.39 is 27.2 Å². The van der Waals surface area contributed by atoms with Gasteiger partial charge in [-0.3, -0.25) is 20.2 Å². The van der Waals surface area contributed by atoms with Gasteiger partial charge in [-0.05, 0) is 50.1 Å². The Morgan fingerprint density at radius 2 is 1.64 bits per heavy atom. The van der Waals surface area contributed by atoms with E-state index >= 15 is 0 Å². The summed E-state index contributed by atoms with van der Waals surface area (Å²) in [6.45, 7) is 8.48. The number of benzene rings is 2. The van der Waals surface area contributed by atoms with Crippen molar-refractivity contribution in [2.45, 2.75) is 20.8 Å². The quantitative estimate of drug-likeness (QED) is 0.171. The average Bonchev–Trinajstić information content (AvgIpc) is 2.62. The molecule has 0 radical (unpaired) electrons. The number of ether oxygens (including phenoxy) is 1. The lowest BCUT2D eigenvalue weighted by Gasteiger charge is -2.11. The van der Waals surface area contributed by atoms with Crippen LogP contribution in [0.1, 0.15) is 18.1 Å². The molecule has 0 N–H and O–H groups in total. The van der Waals surface area contributed by atoms with E-state index in [4.69, 9.17) is 4.74 Å². The SMILES string of the molecule is C=C(C)C(=O)Oc1c(C)cc(N=Nc2ccc([N+](=O)[O-])cc2[N+](=O)[O-])cc1C. The Labute approximate surface area is 159 Å². The molecule has 0 fully saturated rings. The summed E-state index contributed by atoms with van der Waals surface area (Å²) in [6.07, 6.45) is 0. The summed E-state index contributed by atoms with van der Waals surface area (Å²) in [4.78, 5) is 32.1. The van der Waals surface area contributed by atoms with Crippen LogP contribution in [0.3, 0.4) is 0 Å². The lowest BCUT2D eigenvalue weighted by atomic mass is 10.1. The van der Waals surface area contributed by atoms with Gasteiger partial charge in [0, 0.05) is 11.6 Å². The van der Waals surface area contributed by atoms with Gasteiger partial charge in [-0.25, -0.2) is 4.79 Å². The predicted octanol–water partition coefficient (Wildman–Crippen LogP) is 5.02. The highest BCUT2D eigenvalue weighted by Gasteiger charge is 2.19. The Morgan fingerprint density at radius 3 is 2.14 bits per heavy atom. The second-order valence-electron chi connectivity index (χ2n) is 5.97. The number of carbonyl (C=O) groups is 1. The summed E-state index contributed by atoms with van der Waals surface area (Å²) in [5.41, 5.74) is 0.789. The molecule has 0 saturated carbocycles. The first-order valence-corrected chi connectivity index (χ1v) is 7.93. The minimum Gasteiger partial charge on any atom is -0.423 e. The molecule has 2 aromatic rings. The Bertz CT molecular complexity index is 1010. The highest BCUT2D eigenvalue weighted by Crippen LogP contribution is 2.34. The number of carbonyl (C=O) groups excluding carboxylic acids is 1. The zero-order valence-corrected chi connectivity index (χ0v) is 15.3. The molecule has 0 aliphatic rings. The smallest absolute Gasteiger partial charge is 0.338 e. The minimum absolute atomic E-state index is 0.122. The second-order valence-corrected chi connectivity index (χ2v) is 5.97. The first kappa shape index (κ1) is 20.4. The van der Waals surface area contributed by atoms with Crippen molar-refractivity contribution in [3.8, 4) is 5.75 Å². The number of azo groups is 1. The summed E-state index contributed by atoms with van der Waals surface area (Å²) in [7, 11) is 0. The average molecular weight is 384 g/mol. The van der Waals surface area contributed by atoms with Crippen LogP contribution in [-0.4, -0.2) is 15.8 Å². The van der Waals surface area contributed by atoms with Crippen LogP contribution in [-0.2, 0) is 4.79 Å². The topological polar surface area (TPSA) is 137 Å². The molecular weight excluding hydrogens is 368 g/mol. The van der Waals surface area contributed by atoms with Gasteiger partial charge in [0.2, 0.25) is 0 Å². The maximum absolute atomic E-state index is 11.7. The molecule has 0 bridgehead atoms. The van der Waals surface area contributed by atoms with Crippen LogP contribution in [0.4, 0.5) is 22.7 Å². The molecule has 0 aliphatic carbocycles. The van der Waals surface area contributed by atoms with Crippen molar-refractivity contribution in [2.75, 3.05) is 0 Å². The van der Waals surface area contributed by atoms with E-state index in [1.165, 1.54) is 6.92 Å². The summed E-state index contributed by atoms with van der Waals surface area (Å²) in [5.74, 6) is -0.185. The van der Waals surface area contributed by atoms with Gasteiger partial charge in [0.05, 0.1) is 21.6 Å². The number of rotatable bonds is 6. The van der Waals surface area contributed by atoms with E-state index in [0.29, 0.717) is 22.6 Å². The summed E-state index contributed by atoms with van der Waals surface area (Å²) >= 11 is 0. The number of aryl methyl sites for hydroxylation is 2. The van der Waals surface area contributed by atoms with Crippen LogP contribution >= 0.6 is 0 Å². The van der Waals surface area contributed by atoms with E-state index in [9.17, 15) is 25.0 Å². The maximum Gasteiger partial charge on any atom is 0.338 e. The molecule has 144 valence electrons. The number of esters is 1. The molecular formula is C18H16N4O6. The fourth-order valence-electron chi connectivity index (χ4n) is 2.29. The van der Waals surface area contributed by atoms with Gasteiger partial charge in [0.15, 0.2) is 5.69 Å². The fourth-order valence-corrected chi connectivity index (χ4v) is 2.29. The fraction of sp³-hybridized carbons (Fsp3) is 0.167. The highest BCUT2D eigenvalue weighted by atomic mass is 16.6. The van der Waals surface area contributed by atoms with Crippen molar-refractivity contribution in [1.29, 1.82) is 0 Å². The zero-order chi connectivity index (χ0) is 21.0. The van der Waals surface area contributed by atoms with E-state index in [0.717, 1.165) is 18.2 Å². The van der Waals surface area contributed by atoms with Crippen LogP contribution in [0, 0.1) is 34.1 Å². The number of hydrogen-bond acceptors (Lipinski definition) is 8. The standard InChI is InChI=1S/C18H16N4O6/c1-10(2)18(23)28-17-11(3)7-13(8-12(17)4)19-20-15-6-5-14(21(24)25)9-16(15)22(26)27/h5-9H,1H2,2-4H3. The number of nitro groups is 2. The normalized spacial score (nSPS) is 10.7. The number of nitrogens with zero attached hydrogens (tertiary/aromatic N) is 4. The molecule has 0 spiro atoms. The summed E-state index contributed by atoms with van der Waals surface area (Å²) in [5, 5.41) is 29.7. The monoisotopic (exact) mass is 384 g/mol. The first-order valence-electron chi connectivity index (χ1n) is 7.93. The molecule has 10 heteroatoms. The number of nitro benzene ring substituents is 2. The van der Waals surface area contributed by atoms with Gasteiger partial charge in [0.1, 0.15) is 5.75 Å². The van der Waals surface area contributed by atoms with Crippen molar-refractivity contribution in [3.63, 3.8) is 0 Å². The van der Waals surface area contributed by atoms with Crippen LogP contribution in [0.5, 0.6) is 5.75 Å². The molecule has 0 heterocycles. The van der Waals surface area contributed by atoms with Crippen LogP contribution in [0.2, 0.25) is 0 Å². The van der Waals surface area contributed by atoms with Gasteiger partial charge in [-0.15, -0.1) is 5.11 Å². The third kappa shape index (κ3) is 4.61. The summed E-state index contributed by atoms with van der Waals surface area (Å²) in [6, 6.07) is 6.27. The zero-order valence-electron chi connectivity index (χ0n) is 15.3. The van der Waals surface area contributed by atoms with Crippen molar-refractivity contribution in [3.05, 3.63) is 73.8 Å². The minimum atomic E-state index is -0.766. The van der Waals surface area contributed by atoms with Gasteiger partial charge in [-0.2, -0.15) is 5.11 Å². The largest absolute Gasteiger partial charge is 0.423 e. The van der Waals surface area contributed by atoms with E-state index in [-0.39, 0.29) is 11.3 Å². The molecule has 2 rings (SSSR count). The Hall–Kier alpha value is -3.95. The Kier molecular flexibility index (Phi) is 5.94. The molecule has 0 amide bonds. The Balaban J connectivity index is 2.37. The third-order valence-electron chi connectivity index (χ3n) is 3.63. The maximum atomic E-state index is 11.7. The third-order valence-corrected chi connectivity index (χ3v) is 3.63. The molecule has 2 aromatic carbocycles. The van der Waals surface area contributed by atoms with Gasteiger partial charge in [0.25, 0.3) is 5.69 Å². The van der Waals surface area contributed by atoms with Gasteiger partial charge >= 0.3 is 11.7 Å². The van der Waals surface area contributed by atoms with Gasteiger partial charge in [-0.1, -0.05) is 6.58 Å². The van der Waals surface area contributed by atoms with E-state index in [1.807, 2.05) is 0 Å². The predicted molar refractivity (Wildman–Crippen MR) is 100 cm³/mol. The molecule has 0 aromatic heterocycles. The summed E-state index contributed by atoms with van der Waals surface area (Å²) < 4.78 is 5.28. The van der Waals surface area contributed by atoms with Gasteiger partial charge < -0.3 is 4.74 Å². The van der Waals surface area contributed by atoms with Crippen LogP contribution in [0.15, 0.2) is 52.7 Å². The number of hydrogen-bond donors (Lipinski definition) is 0. The lowest BCUT2D eigenvalue weighted by Crippen LogP contribution is -2.10. The first-order chi connectivity index (χ1) is 13.1. The van der Waals surface area contributed by atoms with Crippen molar-refractivity contribution < 1.29 is 19.4 Å². The van der Waals surface area contributed by atoms with E-state index in [2.05, 4.69) is 16.8 Å². The second kappa shape index (κ2) is 8.16. The van der Waals surface area contributed by atoms with Crippen molar-refractivity contribution in [2.24, 2.45) is 10.2 Å².